The van der Waals surface area contributed by atoms with Crippen LogP contribution in [0.25, 0.3) is 0 Å². The molecule has 2 aliphatic rings. The fourth-order valence-corrected chi connectivity index (χ4v) is 4.85. The number of anilines is 1. The zero-order chi connectivity index (χ0) is 20.8. The Morgan fingerprint density at radius 1 is 1.13 bits per heavy atom. The van der Waals surface area contributed by atoms with Gasteiger partial charge in [0.25, 0.3) is 5.91 Å². The highest BCUT2D eigenvalue weighted by Crippen LogP contribution is 2.43. The zero-order valence-electron chi connectivity index (χ0n) is 15.7. The lowest BCUT2D eigenvalue weighted by atomic mass is 9.94. The molecule has 152 valence electrons. The number of ether oxygens (including phenoxy) is 1. The molecule has 0 fully saturated rings. The van der Waals surface area contributed by atoms with Crippen molar-refractivity contribution in [2.75, 3.05) is 11.9 Å². The van der Waals surface area contributed by atoms with Gasteiger partial charge in [0, 0.05) is 43.9 Å². The number of para-hydroxylation sites is 1. The average Bonchev–Trinajstić information content (AvgIpc) is 3.06. The molecule has 2 N–H and O–H groups in total. The van der Waals surface area contributed by atoms with E-state index in [1.54, 1.807) is 6.07 Å². The Morgan fingerprint density at radius 2 is 1.97 bits per heavy atom. The van der Waals surface area contributed by atoms with Crippen molar-refractivity contribution in [3.63, 3.8) is 0 Å². The highest BCUT2D eigenvalue weighted by atomic mass is 79.9. The highest BCUT2D eigenvalue weighted by Gasteiger charge is 2.35. The Kier molecular flexibility index (Phi) is 4.91. The largest absolute Gasteiger partial charge is 0.493 e. The van der Waals surface area contributed by atoms with Gasteiger partial charge in [0.15, 0.2) is 0 Å². The molecule has 0 radical (unpaired) electrons. The summed E-state index contributed by atoms with van der Waals surface area (Å²) in [6, 6.07) is 15.3. The first-order valence-corrected chi connectivity index (χ1v) is 10.8. The van der Waals surface area contributed by atoms with Crippen LogP contribution in [0.4, 0.5) is 10.1 Å². The van der Waals surface area contributed by atoms with Crippen molar-refractivity contribution < 1.29 is 13.9 Å². The number of nitrogens with one attached hydrogen (secondary N) is 2. The van der Waals surface area contributed by atoms with E-state index in [2.05, 4.69) is 26.6 Å². The van der Waals surface area contributed by atoms with Crippen LogP contribution >= 0.6 is 27.5 Å². The highest BCUT2D eigenvalue weighted by molar-refractivity contribution is 9.10. The molecule has 2 heterocycles. The summed E-state index contributed by atoms with van der Waals surface area (Å²) in [7, 11) is 0. The zero-order valence-corrected chi connectivity index (χ0v) is 18.1. The van der Waals surface area contributed by atoms with E-state index in [1.807, 2.05) is 30.3 Å². The number of carbonyl (C=O) groups excluding carboxylic acids is 1. The Hall–Kier alpha value is -2.57. The van der Waals surface area contributed by atoms with Crippen LogP contribution in [0.5, 0.6) is 5.75 Å². The van der Waals surface area contributed by atoms with Gasteiger partial charge in [0.05, 0.1) is 18.7 Å². The van der Waals surface area contributed by atoms with E-state index in [4.69, 9.17) is 16.3 Å². The quantitative estimate of drug-likeness (QED) is 0.476. The number of hydrogen-bond acceptors (Lipinski definition) is 3. The number of benzene rings is 3. The summed E-state index contributed by atoms with van der Waals surface area (Å²) in [5, 5.41) is 6.95. The molecule has 30 heavy (non-hydrogen) atoms. The first-order chi connectivity index (χ1) is 14.5. The fraction of sp³-hybridized carbons (Fsp3) is 0.174. The van der Waals surface area contributed by atoms with Crippen molar-refractivity contribution >= 4 is 39.1 Å². The predicted molar refractivity (Wildman–Crippen MR) is 118 cm³/mol. The van der Waals surface area contributed by atoms with E-state index in [0.29, 0.717) is 22.8 Å². The van der Waals surface area contributed by atoms with E-state index in [9.17, 15) is 9.18 Å². The third-order valence-corrected chi connectivity index (χ3v) is 6.31. The molecular weight excluding hydrogens is 471 g/mol. The molecule has 0 saturated heterocycles. The molecule has 0 aliphatic carbocycles. The van der Waals surface area contributed by atoms with Crippen molar-refractivity contribution in [1.82, 2.24) is 5.32 Å². The van der Waals surface area contributed by atoms with Gasteiger partial charge < -0.3 is 15.4 Å². The maximum Gasteiger partial charge on any atom is 0.252 e. The minimum atomic E-state index is -0.540. The first-order valence-electron chi connectivity index (χ1n) is 9.59. The molecule has 0 saturated carbocycles. The summed E-state index contributed by atoms with van der Waals surface area (Å²) in [6.45, 7) is 0.598. The summed E-state index contributed by atoms with van der Waals surface area (Å²) in [4.78, 5) is 12.7. The molecule has 5 rings (SSSR count). The standard InChI is InChI=1S/C23H17BrClFN2O2/c24-12-9-16-21(22(28-23(16)29)15-11-13(26)5-6-17(15)25)19(10-12)27-18-7-8-30-20-4-2-1-3-14(18)20/h1-6,9-11,18,22,27H,7-8H2,(H,28,29)/t18-,22+/m1/s1. The molecule has 1 amide bonds. The van der Waals surface area contributed by atoms with Gasteiger partial charge in [0.1, 0.15) is 11.6 Å². The summed E-state index contributed by atoms with van der Waals surface area (Å²) in [6.07, 6.45) is 0.783. The molecular formula is C23H17BrClFN2O2. The summed E-state index contributed by atoms with van der Waals surface area (Å²) in [5.74, 6) is 0.237. The van der Waals surface area contributed by atoms with Crippen molar-refractivity contribution in [1.29, 1.82) is 0 Å². The molecule has 3 aromatic rings. The Bertz CT molecular complexity index is 1170. The van der Waals surface area contributed by atoms with Crippen LogP contribution in [-0.2, 0) is 0 Å². The van der Waals surface area contributed by atoms with Crippen LogP contribution in [0.3, 0.4) is 0 Å². The topological polar surface area (TPSA) is 50.4 Å². The van der Waals surface area contributed by atoms with Crippen molar-refractivity contribution in [2.45, 2.75) is 18.5 Å². The van der Waals surface area contributed by atoms with Gasteiger partial charge in [-0.1, -0.05) is 45.7 Å². The number of amides is 1. The molecule has 0 unspecified atom stereocenters. The molecule has 3 aromatic carbocycles. The number of halogens is 3. The third kappa shape index (κ3) is 3.34. The van der Waals surface area contributed by atoms with Gasteiger partial charge in [-0.15, -0.1) is 0 Å². The first kappa shape index (κ1) is 19.4. The number of carbonyl (C=O) groups is 1. The number of hydrogen-bond donors (Lipinski definition) is 2. The number of rotatable bonds is 3. The fourth-order valence-electron chi connectivity index (χ4n) is 4.17. The molecule has 2 atom stereocenters. The van der Waals surface area contributed by atoms with Crippen LogP contribution in [0.2, 0.25) is 5.02 Å². The smallest absolute Gasteiger partial charge is 0.252 e. The lowest BCUT2D eigenvalue weighted by Gasteiger charge is -2.29. The summed E-state index contributed by atoms with van der Waals surface area (Å²) >= 11 is 9.88. The monoisotopic (exact) mass is 486 g/mol. The SMILES string of the molecule is O=C1N[C@@H](c2cc(F)ccc2Cl)c2c(N[C@@H]3CCOc4ccccc43)cc(Br)cc21. The predicted octanol–water partition coefficient (Wildman–Crippen LogP) is 6.01. The molecule has 2 aliphatic heterocycles. The van der Waals surface area contributed by atoms with Crippen LogP contribution in [-0.4, -0.2) is 12.5 Å². The third-order valence-electron chi connectivity index (χ3n) is 5.51. The van der Waals surface area contributed by atoms with E-state index >= 15 is 0 Å². The van der Waals surface area contributed by atoms with Gasteiger partial charge in [-0.25, -0.2) is 4.39 Å². The normalized spacial score (nSPS) is 19.5. The minimum absolute atomic E-state index is 0.0210. The van der Waals surface area contributed by atoms with E-state index in [0.717, 1.165) is 33.5 Å². The molecule has 0 spiro atoms. The van der Waals surface area contributed by atoms with Gasteiger partial charge >= 0.3 is 0 Å². The lowest BCUT2D eigenvalue weighted by Crippen LogP contribution is -2.22. The van der Waals surface area contributed by atoms with Crippen LogP contribution in [0, 0.1) is 5.82 Å². The second-order valence-corrected chi connectivity index (χ2v) is 8.68. The molecule has 7 heteroatoms. The van der Waals surface area contributed by atoms with E-state index in [-0.39, 0.29) is 11.9 Å². The lowest BCUT2D eigenvalue weighted by molar-refractivity contribution is 0.0960. The van der Waals surface area contributed by atoms with E-state index < -0.39 is 11.9 Å². The maximum atomic E-state index is 14.0. The van der Waals surface area contributed by atoms with Crippen LogP contribution < -0.4 is 15.4 Å². The van der Waals surface area contributed by atoms with E-state index in [1.165, 1.54) is 18.2 Å². The van der Waals surface area contributed by atoms with Crippen molar-refractivity contribution in [3.8, 4) is 5.75 Å². The van der Waals surface area contributed by atoms with Gasteiger partial charge in [0.2, 0.25) is 0 Å². The van der Waals surface area contributed by atoms with Crippen LogP contribution in [0.1, 0.15) is 45.6 Å². The maximum absolute atomic E-state index is 14.0. The Labute approximate surface area is 186 Å². The second-order valence-electron chi connectivity index (χ2n) is 7.36. The summed E-state index contributed by atoms with van der Waals surface area (Å²) in [5.41, 5.74) is 3.69. The molecule has 4 nitrogen and oxygen atoms in total. The Balaban J connectivity index is 1.61. The van der Waals surface area contributed by atoms with Gasteiger partial charge in [-0.2, -0.15) is 0 Å². The van der Waals surface area contributed by atoms with Crippen LogP contribution in [0.15, 0.2) is 59.1 Å². The van der Waals surface area contributed by atoms with Crippen molar-refractivity contribution in [2.24, 2.45) is 0 Å². The summed E-state index contributed by atoms with van der Waals surface area (Å²) < 4.78 is 20.5. The van der Waals surface area contributed by atoms with Gasteiger partial charge in [-0.05, 0) is 36.4 Å². The van der Waals surface area contributed by atoms with Crippen molar-refractivity contribution in [3.05, 3.63) is 92.2 Å². The second kappa shape index (κ2) is 7.60. The molecule has 0 bridgehead atoms. The number of fused-ring (bicyclic) bond motifs is 2. The Morgan fingerprint density at radius 3 is 2.83 bits per heavy atom. The average molecular weight is 488 g/mol. The van der Waals surface area contributed by atoms with Gasteiger partial charge in [-0.3, -0.25) is 4.79 Å². The molecule has 0 aromatic heterocycles. The minimum Gasteiger partial charge on any atom is -0.493 e.